The fraction of sp³-hybridized carbons (Fsp3) is 0.294. The van der Waals surface area contributed by atoms with Crippen LogP contribution in [0.2, 0.25) is 0 Å². The number of benzene rings is 2. The molecule has 0 saturated carbocycles. The highest BCUT2D eigenvalue weighted by Gasteiger charge is 2.39. The molecule has 98 valence electrons. The second kappa shape index (κ2) is 4.17. The first-order valence-electron chi connectivity index (χ1n) is 6.60. The van der Waals surface area contributed by atoms with Gasteiger partial charge in [0.2, 0.25) is 0 Å². The lowest BCUT2D eigenvalue weighted by atomic mass is 9.86. The third kappa shape index (κ3) is 1.87. The van der Waals surface area contributed by atoms with Crippen LogP contribution in [0.25, 0.3) is 0 Å². The van der Waals surface area contributed by atoms with Crippen LogP contribution in [-0.4, -0.2) is 5.11 Å². The van der Waals surface area contributed by atoms with Gasteiger partial charge in [-0.25, -0.2) is 4.39 Å². The van der Waals surface area contributed by atoms with Gasteiger partial charge in [0.05, 0.1) is 0 Å². The first kappa shape index (κ1) is 12.4. The maximum atomic E-state index is 13.8. The van der Waals surface area contributed by atoms with E-state index in [0.29, 0.717) is 18.4 Å². The molecule has 1 nitrogen and oxygen atoms in total. The fourth-order valence-corrected chi connectivity index (χ4v) is 3.15. The van der Waals surface area contributed by atoms with Crippen molar-refractivity contribution >= 4 is 0 Å². The Hall–Kier alpha value is -1.67. The van der Waals surface area contributed by atoms with Crippen LogP contribution in [0.4, 0.5) is 4.39 Å². The van der Waals surface area contributed by atoms with Crippen molar-refractivity contribution in [1.29, 1.82) is 0 Å². The Morgan fingerprint density at radius 1 is 1.11 bits per heavy atom. The molecule has 0 heterocycles. The van der Waals surface area contributed by atoms with Gasteiger partial charge in [-0.3, -0.25) is 0 Å². The molecule has 0 fully saturated rings. The van der Waals surface area contributed by atoms with Gasteiger partial charge in [0.25, 0.3) is 0 Å². The molecule has 3 rings (SSSR count). The summed E-state index contributed by atoms with van der Waals surface area (Å²) in [7, 11) is 0. The summed E-state index contributed by atoms with van der Waals surface area (Å²) in [6.07, 6.45) is 1.14. The molecule has 0 aromatic heterocycles. The zero-order valence-electron chi connectivity index (χ0n) is 11.2. The standard InChI is InChI=1S/C17H17FO/c1-11-8-12(2)10-13(9-11)17(19)7-6-14-15(17)4-3-5-16(14)18/h3-5,8-10,19H,6-7H2,1-2H3. The van der Waals surface area contributed by atoms with E-state index < -0.39 is 5.60 Å². The Labute approximate surface area is 112 Å². The molecule has 0 aliphatic heterocycles. The minimum Gasteiger partial charge on any atom is -0.380 e. The molecule has 1 unspecified atom stereocenters. The van der Waals surface area contributed by atoms with Gasteiger partial charge in [-0.05, 0) is 49.4 Å². The van der Waals surface area contributed by atoms with Crippen LogP contribution < -0.4 is 0 Å². The molecular formula is C17H17FO. The molecule has 0 spiro atoms. The quantitative estimate of drug-likeness (QED) is 0.826. The summed E-state index contributed by atoms with van der Waals surface area (Å²) >= 11 is 0. The summed E-state index contributed by atoms with van der Waals surface area (Å²) < 4.78 is 13.8. The first-order chi connectivity index (χ1) is 9.00. The van der Waals surface area contributed by atoms with Crippen molar-refractivity contribution in [1.82, 2.24) is 0 Å². The summed E-state index contributed by atoms with van der Waals surface area (Å²) in [5.41, 5.74) is 3.44. The smallest absolute Gasteiger partial charge is 0.126 e. The number of aliphatic hydroxyl groups is 1. The molecule has 2 heteroatoms. The summed E-state index contributed by atoms with van der Waals surface area (Å²) in [4.78, 5) is 0. The summed E-state index contributed by atoms with van der Waals surface area (Å²) in [6, 6.07) is 11.0. The Morgan fingerprint density at radius 2 is 1.79 bits per heavy atom. The summed E-state index contributed by atoms with van der Waals surface area (Å²) in [6.45, 7) is 4.03. The highest BCUT2D eigenvalue weighted by atomic mass is 19.1. The number of halogens is 1. The molecule has 19 heavy (non-hydrogen) atoms. The lowest BCUT2D eigenvalue weighted by Crippen LogP contribution is -2.24. The van der Waals surface area contributed by atoms with E-state index in [9.17, 15) is 9.50 Å². The van der Waals surface area contributed by atoms with Gasteiger partial charge in [-0.1, -0.05) is 41.5 Å². The van der Waals surface area contributed by atoms with E-state index in [4.69, 9.17) is 0 Å². The van der Waals surface area contributed by atoms with E-state index in [1.165, 1.54) is 6.07 Å². The van der Waals surface area contributed by atoms with Crippen molar-refractivity contribution in [2.24, 2.45) is 0 Å². The summed E-state index contributed by atoms with van der Waals surface area (Å²) in [5.74, 6) is -0.210. The number of fused-ring (bicyclic) bond motifs is 1. The third-order valence-corrected chi connectivity index (χ3v) is 4.00. The number of aryl methyl sites for hydroxylation is 2. The van der Waals surface area contributed by atoms with E-state index in [1.807, 2.05) is 32.0 Å². The zero-order chi connectivity index (χ0) is 13.6. The van der Waals surface area contributed by atoms with Crippen LogP contribution in [0, 0.1) is 19.7 Å². The predicted molar refractivity (Wildman–Crippen MR) is 73.6 cm³/mol. The van der Waals surface area contributed by atoms with Gasteiger partial charge >= 0.3 is 0 Å². The second-order valence-electron chi connectivity index (χ2n) is 5.50. The first-order valence-corrected chi connectivity index (χ1v) is 6.60. The van der Waals surface area contributed by atoms with E-state index in [0.717, 1.165) is 22.3 Å². The van der Waals surface area contributed by atoms with Gasteiger partial charge in [0.15, 0.2) is 0 Å². The highest BCUT2D eigenvalue weighted by molar-refractivity contribution is 5.47. The van der Waals surface area contributed by atoms with E-state index in [-0.39, 0.29) is 5.82 Å². The van der Waals surface area contributed by atoms with Crippen molar-refractivity contribution in [3.8, 4) is 0 Å². The Bertz CT molecular complexity index is 627. The zero-order valence-corrected chi connectivity index (χ0v) is 11.2. The fourth-order valence-electron chi connectivity index (χ4n) is 3.15. The largest absolute Gasteiger partial charge is 0.380 e. The number of hydrogen-bond donors (Lipinski definition) is 1. The predicted octanol–water partition coefficient (Wildman–Crippen LogP) is 3.62. The maximum absolute atomic E-state index is 13.8. The van der Waals surface area contributed by atoms with Crippen LogP contribution >= 0.6 is 0 Å². The maximum Gasteiger partial charge on any atom is 0.126 e. The Kier molecular flexibility index (Phi) is 2.72. The van der Waals surface area contributed by atoms with Crippen LogP contribution in [0.3, 0.4) is 0 Å². The number of hydrogen-bond acceptors (Lipinski definition) is 1. The van der Waals surface area contributed by atoms with Gasteiger partial charge in [0.1, 0.15) is 11.4 Å². The van der Waals surface area contributed by atoms with Gasteiger partial charge in [0, 0.05) is 0 Å². The van der Waals surface area contributed by atoms with Crippen molar-refractivity contribution in [2.45, 2.75) is 32.3 Å². The molecule has 0 radical (unpaired) electrons. The summed E-state index contributed by atoms with van der Waals surface area (Å²) in [5, 5.41) is 11.0. The molecule has 2 aromatic carbocycles. The Morgan fingerprint density at radius 3 is 2.47 bits per heavy atom. The monoisotopic (exact) mass is 256 g/mol. The second-order valence-corrected chi connectivity index (χ2v) is 5.50. The average molecular weight is 256 g/mol. The normalized spacial score (nSPS) is 21.5. The molecule has 0 bridgehead atoms. The lowest BCUT2D eigenvalue weighted by Gasteiger charge is -2.25. The molecule has 1 aliphatic carbocycles. The molecule has 0 amide bonds. The minimum atomic E-state index is -1.05. The number of rotatable bonds is 1. The average Bonchev–Trinajstić information content (AvgIpc) is 2.69. The van der Waals surface area contributed by atoms with Crippen molar-refractivity contribution in [3.05, 3.63) is 70.0 Å². The van der Waals surface area contributed by atoms with Crippen LogP contribution in [0.15, 0.2) is 36.4 Å². The van der Waals surface area contributed by atoms with Gasteiger partial charge in [-0.2, -0.15) is 0 Å². The topological polar surface area (TPSA) is 20.2 Å². The molecule has 2 aromatic rings. The van der Waals surface area contributed by atoms with E-state index >= 15 is 0 Å². The van der Waals surface area contributed by atoms with Crippen LogP contribution in [-0.2, 0) is 12.0 Å². The SMILES string of the molecule is Cc1cc(C)cc(C2(O)CCc3c(F)cccc32)c1. The van der Waals surface area contributed by atoms with Gasteiger partial charge < -0.3 is 5.11 Å². The van der Waals surface area contributed by atoms with Crippen molar-refractivity contribution in [3.63, 3.8) is 0 Å². The van der Waals surface area contributed by atoms with E-state index in [1.54, 1.807) is 6.07 Å². The lowest BCUT2D eigenvalue weighted by molar-refractivity contribution is 0.0828. The molecule has 0 saturated heterocycles. The van der Waals surface area contributed by atoms with Crippen molar-refractivity contribution in [2.75, 3.05) is 0 Å². The molecule has 1 aliphatic rings. The van der Waals surface area contributed by atoms with E-state index in [2.05, 4.69) is 6.07 Å². The highest BCUT2D eigenvalue weighted by Crippen LogP contribution is 2.43. The minimum absolute atomic E-state index is 0.210. The Balaban J connectivity index is 2.19. The van der Waals surface area contributed by atoms with Gasteiger partial charge in [-0.15, -0.1) is 0 Å². The molecule has 1 atom stereocenters. The van der Waals surface area contributed by atoms with Crippen LogP contribution in [0.5, 0.6) is 0 Å². The van der Waals surface area contributed by atoms with Crippen molar-refractivity contribution < 1.29 is 9.50 Å². The molecular weight excluding hydrogens is 239 g/mol. The van der Waals surface area contributed by atoms with Crippen LogP contribution in [0.1, 0.15) is 34.2 Å². The third-order valence-electron chi connectivity index (χ3n) is 4.00. The molecule has 1 N–H and O–H groups in total.